The van der Waals surface area contributed by atoms with E-state index in [-0.39, 0.29) is 0 Å². The molecule has 0 bridgehead atoms. The molecule has 4 nitrogen and oxygen atoms in total. The van der Waals surface area contributed by atoms with E-state index in [2.05, 4.69) is 6.07 Å². The van der Waals surface area contributed by atoms with Crippen molar-refractivity contribution < 1.29 is 14.3 Å². The van der Waals surface area contributed by atoms with E-state index in [1.165, 1.54) is 11.1 Å². The van der Waals surface area contributed by atoms with Gasteiger partial charge in [0.25, 0.3) is 0 Å². The van der Waals surface area contributed by atoms with E-state index in [0.717, 1.165) is 56.0 Å². The van der Waals surface area contributed by atoms with Crippen LogP contribution in [-0.2, 0) is 24.3 Å². The molecular formula is C13H17NO3. The number of rotatable bonds is 2. The summed E-state index contributed by atoms with van der Waals surface area (Å²) in [7, 11) is 0. The summed E-state index contributed by atoms with van der Waals surface area (Å²) in [6, 6.07) is 2.13. The Bertz CT molecular complexity index is 397. The minimum atomic E-state index is 0.398. The van der Waals surface area contributed by atoms with Crippen LogP contribution >= 0.6 is 0 Å². The topological polar surface area (TPSA) is 53.7 Å². The Hall–Kier alpha value is -1.26. The molecule has 2 aliphatic heterocycles. The highest BCUT2D eigenvalue weighted by atomic mass is 16.6. The van der Waals surface area contributed by atoms with Crippen molar-refractivity contribution in [2.75, 3.05) is 13.2 Å². The van der Waals surface area contributed by atoms with Crippen molar-refractivity contribution in [2.45, 2.75) is 32.3 Å². The molecule has 0 aromatic heterocycles. The molecule has 4 heteroatoms. The van der Waals surface area contributed by atoms with Crippen LogP contribution in [0.25, 0.3) is 0 Å². The summed E-state index contributed by atoms with van der Waals surface area (Å²) in [5.74, 6) is 7.20. The average molecular weight is 235 g/mol. The molecule has 0 atom stereocenters. The highest BCUT2D eigenvalue weighted by Crippen LogP contribution is 2.39. The lowest BCUT2D eigenvalue weighted by atomic mass is 9.93. The Labute approximate surface area is 101 Å². The second kappa shape index (κ2) is 4.55. The smallest absolute Gasteiger partial charge is 0.128 e. The number of hydrogen-bond acceptors (Lipinski definition) is 4. The Morgan fingerprint density at radius 3 is 2.88 bits per heavy atom. The van der Waals surface area contributed by atoms with Gasteiger partial charge in [-0.15, -0.1) is 0 Å². The molecular weight excluding hydrogens is 218 g/mol. The van der Waals surface area contributed by atoms with Crippen LogP contribution in [0.15, 0.2) is 6.07 Å². The molecule has 0 radical (unpaired) electrons. The zero-order chi connectivity index (χ0) is 11.7. The molecule has 92 valence electrons. The van der Waals surface area contributed by atoms with E-state index in [1.807, 2.05) is 0 Å². The molecule has 1 aromatic rings. The lowest BCUT2D eigenvalue weighted by Crippen LogP contribution is -2.17. The number of nitrogens with two attached hydrogens (primary N) is 1. The normalized spacial score (nSPS) is 17.7. The van der Waals surface area contributed by atoms with Crippen LogP contribution in [0.4, 0.5) is 0 Å². The van der Waals surface area contributed by atoms with Crippen molar-refractivity contribution in [3.8, 4) is 11.5 Å². The van der Waals surface area contributed by atoms with E-state index >= 15 is 0 Å². The summed E-state index contributed by atoms with van der Waals surface area (Å²) in [6.45, 7) is 1.98. The minimum absolute atomic E-state index is 0.398. The monoisotopic (exact) mass is 235 g/mol. The average Bonchev–Trinajstić information content (AvgIpc) is 2.39. The lowest BCUT2D eigenvalue weighted by molar-refractivity contribution is 0.119. The maximum Gasteiger partial charge on any atom is 0.128 e. The molecule has 0 fully saturated rings. The van der Waals surface area contributed by atoms with Gasteiger partial charge in [-0.25, -0.2) is 5.90 Å². The van der Waals surface area contributed by atoms with Crippen molar-refractivity contribution in [1.82, 2.24) is 0 Å². The molecule has 1 aromatic carbocycles. The summed E-state index contributed by atoms with van der Waals surface area (Å²) < 4.78 is 11.5. The maximum atomic E-state index is 5.78. The van der Waals surface area contributed by atoms with Gasteiger partial charge < -0.3 is 9.47 Å². The first-order valence-electron chi connectivity index (χ1n) is 6.15. The number of ether oxygens (including phenoxy) is 2. The molecule has 0 aliphatic carbocycles. The Morgan fingerprint density at radius 1 is 1.18 bits per heavy atom. The fraction of sp³-hybridized carbons (Fsp3) is 0.538. The van der Waals surface area contributed by atoms with E-state index in [4.69, 9.17) is 20.2 Å². The zero-order valence-electron chi connectivity index (χ0n) is 9.83. The first kappa shape index (κ1) is 10.9. The number of aryl methyl sites for hydroxylation is 1. The van der Waals surface area contributed by atoms with E-state index in [0.29, 0.717) is 6.61 Å². The highest BCUT2D eigenvalue weighted by molar-refractivity contribution is 5.55. The highest BCUT2D eigenvalue weighted by Gasteiger charge is 2.24. The van der Waals surface area contributed by atoms with Gasteiger partial charge in [0, 0.05) is 11.1 Å². The second-order valence-electron chi connectivity index (χ2n) is 4.54. The lowest BCUT2D eigenvalue weighted by Gasteiger charge is -2.27. The Morgan fingerprint density at radius 2 is 2.00 bits per heavy atom. The van der Waals surface area contributed by atoms with Gasteiger partial charge in [-0.1, -0.05) is 0 Å². The first-order chi connectivity index (χ1) is 8.40. The summed E-state index contributed by atoms with van der Waals surface area (Å²) in [6.07, 6.45) is 4.17. The van der Waals surface area contributed by atoms with Gasteiger partial charge in [-0.2, -0.15) is 0 Å². The molecule has 17 heavy (non-hydrogen) atoms. The van der Waals surface area contributed by atoms with Crippen LogP contribution in [0.2, 0.25) is 0 Å². The Kier molecular flexibility index (Phi) is 2.91. The molecule has 0 saturated heterocycles. The van der Waals surface area contributed by atoms with Gasteiger partial charge in [0.1, 0.15) is 11.5 Å². The van der Waals surface area contributed by atoms with Crippen LogP contribution in [0.5, 0.6) is 11.5 Å². The van der Waals surface area contributed by atoms with Gasteiger partial charge >= 0.3 is 0 Å². The summed E-state index contributed by atoms with van der Waals surface area (Å²) >= 11 is 0. The van der Waals surface area contributed by atoms with Gasteiger partial charge in [-0.05, 0) is 37.3 Å². The van der Waals surface area contributed by atoms with Crippen LogP contribution in [-0.4, -0.2) is 13.2 Å². The number of benzene rings is 1. The molecule has 0 amide bonds. The standard InChI is InChI=1S/C13H17NO3/c14-17-8-11-10-4-2-5-15-12(10)7-9-3-1-6-16-13(9)11/h7H,1-6,8,14H2. The second-order valence-corrected chi connectivity index (χ2v) is 4.54. The van der Waals surface area contributed by atoms with E-state index in [1.54, 1.807) is 0 Å². The molecule has 3 rings (SSSR count). The molecule has 2 aliphatic rings. The molecule has 0 unspecified atom stereocenters. The van der Waals surface area contributed by atoms with Gasteiger partial charge in [0.2, 0.25) is 0 Å². The van der Waals surface area contributed by atoms with Crippen LogP contribution in [0.3, 0.4) is 0 Å². The fourth-order valence-corrected chi connectivity index (χ4v) is 2.66. The Balaban J connectivity index is 2.12. The van der Waals surface area contributed by atoms with Crippen LogP contribution in [0.1, 0.15) is 29.5 Å². The largest absolute Gasteiger partial charge is 0.493 e. The summed E-state index contributed by atoms with van der Waals surface area (Å²) in [5.41, 5.74) is 3.52. The third-order valence-electron chi connectivity index (χ3n) is 3.43. The predicted molar refractivity (Wildman–Crippen MR) is 63.1 cm³/mol. The molecule has 2 N–H and O–H groups in total. The summed E-state index contributed by atoms with van der Waals surface area (Å²) in [5, 5.41) is 0. The SMILES string of the molecule is NOCc1c2c(cc3c1OCCC3)OCCC2. The quantitative estimate of drug-likeness (QED) is 0.793. The van der Waals surface area contributed by atoms with Crippen LogP contribution < -0.4 is 15.4 Å². The van der Waals surface area contributed by atoms with E-state index < -0.39 is 0 Å². The first-order valence-corrected chi connectivity index (χ1v) is 6.15. The van der Waals surface area contributed by atoms with Crippen molar-refractivity contribution in [3.05, 3.63) is 22.8 Å². The fourth-order valence-electron chi connectivity index (χ4n) is 2.66. The number of fused-ring (bicyclic) bond motifs is 2. The zero-order valence-corrected chi connectivity index (χ0v) is 9.83. The molecule has 0 saturated carbocycles. The van der Waals surface area contributed by atoms with Crippen molar-refractivity contribution in [3.63, 3.8) is 0 Å². The van der Waals surface area contributed by atoms with Crippen molar-refractivity contribution >= 4 is 0 Å². The maximum absolute atomic E-state index is 5.78. The summed E-state index contributed by atoms with van der Waals surface area (Å²) in [4.78, 5) is 4.82. The van der Waals surface area contributed by atoms with Gasteiger partial charge in [-0.3, -0.25) is 4.84 Å². The van der Waals surface area contributed by atoms with Gasteiger partial charge in [0.15, 0.2) is 0 Å². The van der Waals surface area contributed by atoms with Crippen molar-refractivity contribution in [2.24, 2.45) is 5.90 Å². The van der Waals surface area contributed by atoms with E-state index in [9.17, 15) is 0 Å². The predicted octanol–water partition coefficient (Wildman–Crippen LogP) is 1.73. The molecule has 2 heterocycles. The molecule has 0 spiro atoms. The third-order valence-corrected chi connectivity index (χ3v) is 3.43. The van der Waals surface area contributed by atoms with Gasteiger partial charge in [0.05, 0.1) is 19.8 Å². The minimum Gasteiger partial charge on any atom is -0.493 e. The van der Waals surface area contributed by atoms with Crippen LogP contribution in [0, 0.1) is 0 Å². The van der Waals surface area contributed by atoms with Crippen molar-refractivity contribution in [1.29, 1.82) is 0 Å². The number of hydrogen-bond donors (Lipinski definition) is 1. The third kappa shape index (κ3) is 1.87.